The highest BCUT2D eigenvalue weighted by molar-refractivity contribution is 6.10. The maximum absolute atomic E-state index is 13.6. The van der Waals surface area contributed by atoms with Gasteiger partial charge in [-0.1, -0.05) is 24.1 Å². The Bertz CT molecular complexity index is 1410. The second kappa shape index (κ2) is 9.11. The fraction of sp³-hybridized carbons (Fsp3) is 0.375. The van der Waals surface area contributed by atoms with Crippen molar-refractivity contribution in [1.82, 2.24) is 19.3 Å². The van der Waals surface area contributed by atoms with E-state index in [0.717, 1.165) is 24.9 Å². The van der Waals surface area contributed by atoms with Crippen molar-refractivity contribution in [2.24, 2.45) is 10.7 Å². The van der Waals surface area contributed by atoms with Crippen molar-refractivity contribution in [2.45, 2.75) is 38.9 Å². The molecule has 1 unspecified atom stereocenters. The highest BCUT2D eigenvalue weighted by Crippen LogP contribution is 2.23. The van der Waals surface area contributed by atoms with Crippen molar-refractivity contribution in [2.75, 3.05) is 29.9 Å². The molecule has 2 aliphatic heterocycles. The molecule has 1 atom stereocenters. The third-order valence-electron chi connectivity index (χ3n) is 6.11. The Kier molecular flexibility index (Phi) is 5.86. The van der Waals surface area contributed by atoms with Crippen molar-refractivity contribution in [1.29, 1.82) is 0 Å². The number of benzodiazepines with no additional fused rings is 1. The predicted octanol–water partition coefficient (Wildman–Crippen LogP) is 0.985. The van der Waals surface area contributed by atoms with Gasteiger partial charge in [0, 0.05) is 30.4 Å². The van der Waals surface area contributed by atoms with Gasteiger partial charge in [-0.05, 0) is 25.8 Å². The molecular formula is C24H26N8O2. The topological polar surface area (TPSA) is 123 Å². The molecule has 5 rings (SSSR count). The predicted molar refractivity (Wildman–Crippen MR) is 131 cm³/mol. The smallest absolute Gasteiger partial charge is 0.293 e. The maximum Gasteiger partial charge on any atom is 0.293 e. The Morgan fingerprint density at radius 2 is 2.12 bits per heavy atom. The summed E-state index contributed by atoms with van der Waals surface area (Å²) in [6, 6.07) is 7.49. The van der Waals surface area contributed by atoms with Crippen LogP contribution in [0.4, 0.5) is 11.6 Å². The molecule has 174 valence electrons. The van der Waals surface area contributed by atoms with E-state index in [1.807, 2.05) is 28.8 Å². The Balaban J connectivity index is 1.59. The van der Waals surface area contributed by atoms with Gasteiger partial charge in [-0.2, -0.15) is 5.10 Å². The number of nitrogens with one attached hydrogen (secondary N) is 1. The van der Waals surface area contributed by atoms with Gasteiger partial charge in [-0.15, -0.1) is 5.92 Å². The van der Waals surface area contributed by atoms with E-state index in [-0.39, 0.29) is 30.6 Å². The van der Waals surface area contributed by atoms with Crippen molar-refractivity contribution in [3.8, 4) is 11.8 Å². The third-order valence-corrected chi connectivity index (χ3v) is 6.11. The molecule has 0 saturated carbocycles. The number of nitrogens with zero attached hydrogens (tertiary/aromatic N) is 6. The van der Waals surface area contributed by atoms with Crippen molar-refractivity contribution in [3.05, 3.63) is 46.4 Å². The van der Waals surface area contributed by atoms with Gasteiger partial charge in [0.05, 0.1) is 25.0 Å². The lowest BCUT2D eigenvalue weighted by molar-refractivity contribution is -0.114. The zero-order chi connectivity index (χ0) is 23.7. The maximum atomic E-state index is 13.6. The molecule has 34 heavy (non-hydrogen) atoms. The standard InChI is InChI=1S/C24H26N8O2/c1-2-3-11-31-22-19(29-24(31)30-10-6-7-16(25)14-30)12-27-32(23(22)34)15-20-17-8-4-5-9-18(17)28-21(33)13-26-20/h4-5,8-9,12,16H,6-7,10-11,13-15,25H2,1H3,(H,28,33). The van der Waals surface area contributed by atoms with Crippen molar-refractivity contribution in [3.63, 3.8) is 0 Å². The van der Waals surface area contributed by atoms with E-state index < -0.39 is 0 Å². The monoisotopic (exact) mass is 458 g/mol. The Labute approximate surface area is 196 Å². The van der Waals surface area contributed by atoms with Crippen LogP contribution >= 0.6 is 0 Å². The molecule has 1 saturated heterocycles. The van der Waals surface area contributed by atoms with E-state index in [4.69, 9.17) is 10.7 Å². The summed E-state index contributed by atoms with van der Waals surface area (Å²) in [5.41, 5.74) is 8.95. The number of carbonyl (C=O) groups excluding carboxylic acids is 1. The fourth-order valence-corrected chi connectivity index (χ4v) is 4.49. The Morgan fingerprint density at radius 3 is 2.94 bits per heavy atom. The number of amides is 1. The first-order valence-electron chi connectivity index (χ1n) is 11.3. The van der Waals surface area contributed by atoms with Gasteiger partial charge >= 0.3 is 0 Å². The number of para-hydroxylation sites is 1. The molecule has 3 N–H and O–H groups in total. The van der Waals surface area contributed by atoms with Gasteiger partial charge in [0.15, 0.2) is 0 Å². The Hall–Kier alpha value is -3.97. The summed E-state index contributed by atoms with van der Waals surface area (Å²) in [5, 5.41) is 7.23. The summed E-state index contributed by atoms with van der Waals surface area (Å²) < 4.78 is 3.23. The van der Waals surface area contributed by atoms with E-state index in [0.29, 0.717) is 41.5 Å². The largest absolute Gasteiger partial charge is 0.341 e. The van der Waals surface area contributed by atoms with Crippen LogP contribution in [0.25, 0.3) is 11.0 Å². The summed E-state index contributed by atoms with van der Waals surface area (Å²) >= 11 is 0. The molecule has 0 bridgehead atoms. The van der Waals surface area contributed by atoms with Gasteiger partial charge in [-0.3, -0.25) is 19.1 Å². The van der Waals surface area contributed by atoms with E-state index in [1.54, 1.807) is 13.1 Å². The number of hydrogen-bond donors (Lipinski definition) is 2. The molecule has 2 aromatic heterocycles. The summed E-state index contributed by atoms with van der Waals surface area (Å²) in [6.45, 7) is 3.74. The summed E-state index contributed by atoms with van der Waals surface area (Å²) in [4.78, 5) is 37.0. The van der Waals surface area contributed by atoms with Gasteiger partial charge in [-0.25, -0.2) is 9.67 Å². The van der Waals surface area contributed by atoms with E-state index in [9.17, 15) is 9.59 Å². The molecule has 10 nitrogen and oxygen atoms in total. The first kappa shape index (κ1) is 21.9. The quantitative estimate of drug-likeness (QED) is 0.562. The number of benzene rings is 1. The number of hydrogen-bond acceptors (Lipinski definition) is 7. The Morgan fingerprint density at radius 1 is 1.26 bits per heavy atom. The number of imidazole rings is 1. The van der Waals surface area contributed by atoms with Gasteiger partial charge in [0.2, 0.25) is 11.9 Å². The van der Waals surface area contributed by atoms with Gasteiger partial charge < -0.3 is 16.0 Å². The summed E-state index contributed by atoms with van der Waals surface area (Å²) in [6.07, 6.45) is 3.55. The number of piperidine rings is 1. The normalized spacial score (nSPS) is 17.9. The van der Waals surface area contributed by atoms with Crippen molar-refractivity contribution < 1.29 is 4.79 Å². The molecule has 3 aromatic rings. The lowest BCUT2D eigenvalue weighted by Gasteiger charge is -2.31. The first-order chi connectivity index (χ1) is 16.5. The minimum absolute atomic E-state index is 0.00953. The molecule has 1 fully saturated rings. The van der Waals surface area contributed by atoms with Crippen LogP contribution in [0.1, 0.15) is 25.3 Å². The third kappa shape index (κ3) is 4.06. The average molecular weight is 459 g/mol. The number of fused-ring (bicyclic) bond motifs is 2. The number of nitrogens with two attached hydrogens (primary N) is 1. The zero-order valence-corrected chi connectivity index (χ0v) is 19.0. The van der Waals surface area contributed by atoms with Crippen molar-refractivity contribution >= 4 is 34.3 Å². The minimum Gasteiger partial charge on any atom is -0.341 e. The number of rotatable bonds is 4. The van der Waals surface area contributed by atoms with Crippen LogP contribution in [0.15, 0.2) is 40.2 Å². The molecule has 1 amide bonds. The highest BCUT2D eigenvalue weighted by Gasteiger charge is 2.25. The first-order valence-corrected chi connectivity index (χ1v) is 11.3. The summed E-state index contributed by atoms with van der Waals surface area (Å²) in [5.74, 6) is 6.47. The van der Waals surface area contributed by atoms with Gasteiger partial charge in [0.25, 0.3) is 5.56 Å². The highest BCUT2D eigenvalue weighted by atomic mass is 16.2. The second-order valence-corrected chi connectivity index (χ2v) is 8.47. The van der Waals surface area contributed by atoms with E-state index >= 15 is 0 Å². The number of aromatic nitrogens is 4. The number of aliphatic imine (C=N–C) groups is 1. The molecule has 0 radical (unpaired) electrons. The van der Waals surface area contributed by atoms with E-state index in [2.05, 4.69) is 32.1 Å². The van der Waals surface area contributed by atoms with Crippen LogP contribution < -0.4 is 21.5 Å². The SMILES string of the molecule is CC#CCn1c(N2CCCC(N)C2)nc2cnn(CC3=NCC(=O)Nc4ccccc43)c(=O)c21. The molecule has 1 aromatic carbocycles. The zero-order valence-electron chi connectivity index (χ0n) is 19.0. The fourth-order valence-electron chi connectivity index (χ4n) is 4.49. The summed E-state index contributed by atoms with van der Waals surface area (Å²) in [7, 11) is 0. The van der Waals surface area contributed by atoms with E-state index in [1.165, 1.54) is 4.68 Å². The number of carbonyl (C=O) groups is 1. The molecular weight excluding hydrogens is 432 g/mol. The molecule has 4 heterocycles. The van der Waals surface area contributed by atoms with Crippen LogP contribution in [0.3, 0.4) is 0 Å². The number of anilines is 2. The van der Waals surface area contributed by atoms with Crippen LogP contribution in [-0.4, -0.2) is 56.6 Å². The van der Waals surface area contributed by atoms with Crippen LogP contribution in [-0.2, 0) is 17.9 Å². The van der Waals surface area contributed by atoms with Crippen LogP contribution in [0.2, 0.25) is 0 Å². The lowest BCUT2D eigenvalue weighted by atomic mass is 10.1. The van der Waals surface area contributed by atoms with Crippen LogP contribution in [0, 0.1) is 11.8 Å². The molecule has 0 spiro atoms. The lowest BCUT2D eigenvalue weighted by Crippen LogP contribution is -2.44. The molecule has 0 aliphatic carbocycles. The second-order valence-electron chi connectivity index (χ2n) is 8.47. The molecule has 2 aliphatic rings. The average Bonchev–Trinajstić information content (AvgIpc) is 3.13. The molecule has 10 heteroatoms. The minimum atomic E-state index is -0.279. The van der Waals surface area contributed by atoms with Crippen LogP contribution in [0.5, 0.6) is 0 Å². The van der Waals surface area contributed by atoms with Gasteiger partial charge in [0.1, 0.15) is 17.6 Å².